The first-order valence-electron chi connectivity index (χ1n) is 6.70. The third-order valence-corrected chi connectivity index (χ3v) is 4.87. The Morgan fingerprint density at radius 3 is 3.00 bits per heavy atom. The van der Waals surface area contributed by atoms with E-state index in [0.29, 0.717) is 0 Å². The molecule has 98 valence electrons. The van der Waals surface area contributed by atoms with E-state index in [1.165, 1.54) is 24.1 Å². The van der Waals surface area contributed by atoms with Crippen molar-refractivity contribution in [3.63, 3.8) is 0 Å². The molecule has 1 saturated carbocycles. The van der Waals surface area contributed by atoms with Gasteiger partial charge >= 0.3 is 5.97 Å². The molecule has 0 spiro atoms. The van der Waals surface area contributed by atoms with Crippen molar-refractivity contribution in [3.8, 4) is 0 Å². The zero-order chi connectivity index (χ0) is 12.5. The van der Waals surface area contributed by atoms with Crippen molar-refractivity contribution in [1.29, 1.82) is 0 Å². The molecule has 0 saturated heterocycles. The van der Waals surface area contributed by atoms with Gasteiger partial charge in [-0.3, -0.25) is 4.79 Å². The maximum Gasteiger partial charge on any atom is 0.312 e. The van der Waals surface area contributed by atoms with Gasteiger partial charge < -0.3 is 10.4 Å². The number of nitrogens with one attached hydrogen (secondary N) is 1. The molecule has 5 heteroatoms. The standard InChI is InChI=1S/C13H18N2O2S/c16-12(17)9-2-1-3-10-11(9)15-13(18-10)14-7-6-8-4-5-8/h8-9H,1-7H2,(H,14,15)(H,16,17). The number of fused-ring (bicyclic) bond motifs is 1. The molecule has 1 fully saturated rings. The fraction of sp³-hybridized carbons (Fsp3) is 0.692. The Labute approximate surface area is 110 Å². The molecular weight excluding hydrogens is 248 g/mol. The quantitative estimate of drug-likeness (QED) is 0.860. The number of carbonyl (C=O) groups is 1. The van der Waals surface area contributed by atoms with Crippen LogP contribution in [-0.4, -0.2) is 22.6 Å². The summed E-state index contributed by atoms with van der Waals surface area (Å²) in [7, 11) is 0. The van der Waals surface area contributed by atoms with Gasteiger partial charge in [0, 0.05) is 11.4 Å². The number of hydrogen-bond acceptors (Lipinski definition) is 4. The minimum atomic E-state index is -0.731. The second kappa shape index (κ2) is 4.88. The number of carboxylic acids is 1. The van der Waals surface area contributed by atoms with E-state index in [9.17, 15) is 9.90 Å². The van der Waals surface area contributed by atoms with Gasteiger partial charge in [0.05, 0.1) is 5.69 Å². The Morgan fingerprint density at radius 1 is 1.44 bits per heavy atom. The van der Waals surface area contributed by atoms with Gasteiger partial charge in [-0.2, -0.15) is 0 Å². The first-order chi connectivity index (χ1) is 8.74. The summed E-state index contributed by atoms with van der Waals surface area (Å²) < 4.78 is 0. The van der Waals surface area contributed by atoms with Gasteiger partial charge in [0.25, 0.3) is 0 Å². The summed E-state index contributed by atoms with van der Waals surface area (Å²) in [5.41, 5.74) is 0.813. The van der Waals surface area contributed by atoms with Crippen molar-refractivity contribution in [2.24, 2.45) is 5.92 Å². The predicted molar refractivity (Wildman–Crippen MR) is 71.3 cm³/mol. The molecule has 1 atom stereocenters. The summed E-state index contributed by atoms with van der Waals surface area (Å²) in [6.45, 7) is 0.967. The average Bonchev–Trinajstić information content (AvgIpc) is 3.06. The van der Waals surface area contributed by atoms with Crippen LogP contribution in [0.25, 0.3) is 0 Å². The van der Waals surface area contributed by atoms with Crippen LogP contribution in [-0.2, 0) is 11.2 Å². The van der Waals surface area contributed by atoms with Gasteiger partial charge in [-0.15, -0.1) is 11.3 Å². The van der Waals surface area contributed by atoms with E-state index in [1.807, 2.05) is 0 Å². The van der Waals surface area contributed by atoms with Crippen molar-refractivity contribution >= 4 is 22.4 Å². The van der Waals surface area contributed by atoms with E-state index in [1.54, 1.807) is 11.3 Å². The molecular formula is C13H18N2O2S. The van der Waals surface area contributed by atoms with E-state index < -0.39 is 5.97 Å². The minimum absolute atomic E-state index is 0.385. The molecule has 0 bridgehead atoms. The molecule has 0 amide bonds. The van der Waals surface area contributed by atoms with Gasteiger partial charge in [0.15, 0.2) is 5.13 Å². The number of rotatable bonds is 5. The van der Waals surface area contributed by atoms with Crippen molar-refractivity contribution in [2.45, 2.75) is 44.4 Å². The van der Waals surface area contributed by atoms with Gasteiger partial charge in [0.2, 0.25) is 0 Å². The lowest BCUT2D eigenvalue weighted by Crippen LogP contribution is -2.17. The first-order valence-corrected chi connectivity index (χ1v) is 7.52. The van der Waals surface area contributed by atoms with Crippen LogP contribution in [0.3, 0.4) is 0 Å². The SMILES string of the molecule is O=C(O)C1CCCc2sc(NCCC3CC3)nc21. The number of anilines is 1. The minimum Gasteiger partial charge on any atom is -0.481 e. The van der Waals surface area contributed by atoms with E-state index in [2.05, 4.69) is 10.3 Å². The third kappa shape index (κ3) is 2.51. The summed E-state index contributed by atoms with van der Waals surface area (Å²) in [6, 6.07) is 0. The Balaban J connectivity index is 1.67. The molecule has 18 heavy (non-hydrogen) atoms. The first kappa shape index (κ1) is 12.0. The fourth-order valence-electron chi connectivity index (χ4n) is 2.52. The highest BCUT2D eigenvalue weighted by Crippen LogP contribution is 2.37. The summed E-state index contributed by atoms with van der Waals surface area (Å²) >= 11 is 1.64. The molecule has 2 N–H and O–H groups in total. The molecule has 1 unspecified atom stereocenters. The summed E-state index contributed by atoms with van der Waals surface area (Å²) in [5.74, 6) is -0.200. The van der Waals surface area contributed by atoms with Crippen LogP contribution in [0.5, 0.6) is 0 Å². The normalized spacial score (nSPS) is 22.6. The van der Waals surface area contributed by atoms with Crippen molar-refractivity contribution in [3.05, 3.63) is 10.6 Å². The second-order valence-electron chi connectivity index (χ2n) is 5.27. The molecule has 0 aliphatic heterocycles. The van der Waals surface area contributed by atoms with Crippen LogP contribution in [0.15, 0.2) is 0 Å². The zero-order valence-electron chi connectivity index (χ0n) is 10.3. The lowest BCUT2D eigenvalue weighted by molar-refractivity contribution is -0.139. The van der Waals surface area contributed by atoms with Gasteiger partial charge in [-0.25, -0.2) is 4.98 Å². The predicted octanol–water partition coefficient (Wildman–Crippen LogP) is 2.86. The monoisotopic (exact) mass is 266 g/mol. The molecule has 2 aliphatic rings. The van der Waals surface area contributed by atoms with Crippen LogP contribution >= 0.6 is 11.3 Å². The maximum absolute atomic E-state index is 11.2. The van der Waals surface area contributed by atoms with E-state index in [4.69, 9.17) is 0 Å². The molecule has 1 aromatic heterocycles. The number of hydrogen-bond donors (Lipinski definition) is 2. The van der Waals surface area contributed by atoms with Crippen LogP contribution in [0.1, 0.15) is 48.6 Å². The number of aliphatic carboxylic acids is 1. The fourth-order valence-corrected chi connectivity index (χ4v) is 3.61. The number of aromatic nitrogens is 1. The molecule has 0 aromatic carbocycles. The average molecular weight is 266 g/mol. The van der Waals surface area contributed by atoms with E-state index in [0.717, 1.165) is 42.6 Å². The molecule has 0 radical (unpaired) electrons. The zero-order valence-corrected chi connectivity index (χ0v) is 11.1. The number of aryl methyl sites for hydroxylation is 1. The van der Waals surface area contributed by atoms with Crippen molar-refractivity contribution in [1.82, 2.24) is 4.98 Å². The van der Waals surface area contributed by atoms with Crippen LogP contribution in [0.2, 0.25) is 0 Å². The Morgan fingerprint density at radius 2 is 2.28 bits per heavy atom. The highest BCUT2D eigenvalue weighted by molar-refractivity contribution is 7.15. The largest absolute Gasteiger partial charge is 0.481 e. The smallest absolute Gasteiger partial charge is 0.312 e. The molecule has 4 nitrogen and oxygen atoms in total. The van der Waals surface area contributed by atoms with Crippen LogP contribution < -0.4 is 5.32 Å². The Bertz CT molecular complexity index is 454. The van der Waals surface area contributed by atoms with Gasteiger partial charge in [-0.05, 0) is 31.6 Å². The highest BCUT2D eigenvalue weighted by atomic mass is 32.1. The molecule has 3 rings (SSSR count). The van der Waals surface area contributed by atoms with Crippen LogP contribution in [0, 0.1) is 5.92 Å². The maximum atomic E-state index is 11.2. The molecule has 2 aliphatic carbocycles. The Kier molecular flexibility index (Phi) is 3.24. The van der Waals surface area contributed by atoms with Crippen molar-refractivity contribution < 1.29 is 9.90 Å². The molecule has 1 aromatic rings. The molecule has 1 heterocycles. The van der Waals surface area contributed by atoms with Crippen molar-refractivity contribution in [2.75, 3.05) is 11.9 Å². The summed E-state index contributed by atoms with van der Waals surface area (Å²) in [6.07, 6.45) is 6.64. The summed E-state index contributed by atoms with van der Waals surface area (Å²) in [4.78, 5) is 16.8. The van der Waals surface area contributed by atoms with Gasteiger partial charge in [0.1, 0.15) is 5.92 Å². The second-order valence-corrected chi connectivity index (χ2v) is 6.35. The lowest BCUT2D eigenvalue weighted by atomic mass is 9.91. The van der Waals surface area contributed by atoms with Crippen LogP contribution in [0.4, 0.5) is 5.13 Å². The number of nitrogens with zero attached hydrogens (tertiary/aromatic N) is 1. The Hall–Kier alpha value is -1.10. The summed E-state index contributed by atoms with van der Waals surface area (Å²) in [5, 5.41) is 13.5. The van der Waals surface area contributed by atoms with E-state index in [-0.39, 0.29) is 5.92 Å². The topological polar surface area (TPSA) is 62.2 Å². The number of thiazole rings is 1. The van der Waals surface area contributed by atoms with Gasteiger partial charge in [-0.1, -0.05) is 12.8 Å². The lowest BCUT2D eigenvalue weighted by Gasteiger charge is -2.16. The number of carboxylic acid groups (broad SMARTS) is 1. The van der Waals surface area contributed by atoms with E-state index >= 15 is 0 Å². The third-order valence-electron chi connectivity index (χ3n) is 3.78. The highest BCUT2D eigenvalue weighted by Gasteiger charge is 2.30.